The summed E-state index contributed by atoms with van der Waals surface area (Å²) in [6, 6.07) is 8.86. The first-order valence-electron chi connectivity index (χ1n) is 7.27. The first-order chi connectivity index (χ1) is 9.28. The SMILES string of the molecule is Cn1c(CN2CCCCC2)cc2cc(CN)ccc21. The molecule has 1 fully saturated rings. The van der Waals surface area contributed by atoms with Crippen LogP contribution in [0.3, 0.4) is 0 Å². The second-order valence-corrected chi connectivity index (χ2v) is 5.63. The Morgan fingerprint density at radius 3 is 2.63 bits per heavy atom. The van der Waals surface area contributed by atoms with Crippen molar-refractivity contribution >= 4 is 10.9 Å². The average molecular weight is 257 g/mol. The number of nitrogens with zero attached hydrogens (tertiary/aromatic N) is 2. The Balaban J connectivity index is 1.88. The number of nitrogens with two attached hydrogens (primary N) is 1. The molecule has 1 aliphatic heterocycles. The second kappa shape index (κ2) is 5.35. The summed E-state index contributed by atoms with van der Waals surface area (Å²) in [6.07, 6.45) is 4.09. The number of hydrogen-bond donors (Lipinski definition) is 1. The minimum Gasteiger partial charge on any atom is -0.346 e. The maximum Gasteiger partial charge on any atom is 0.0480 e. The third-order valence-electron chi connectivity index (χ3n) is 4.28. The second-order valence-electron chi connectivity index (χ2n) is 5.63. The van der Waals surface area contributed by atoms with E-state index in [1.165, 1.54) is 54.5 Å². The summed E-state index contributed by atoms with van der Waals surface area (Å²) in [5, 5.41) is 1.32. The van der Waals surface area contributed by atoms with Gasteiger partial charge in [-0.3, -0.25) is 4.90 Å². The van der Waals surface area contributed by atoms with Crippen molar-refractivity contribution in [2.45, 2.75) is 32.4 Å². The van der Waals surface area contributed by atoms with Gasteiger partial charge in [0, 0.05) is 36.7 Å². The molecule has 0 aliphatic carbocycles. The highest BCUT2D eigenvalue weighted by atomic mass is 15.1. The van der Waals surface area contributed by atoms with Gasteiger partial charge in [-0.1, -0.05) is 12.5 Å². The van der Waals surface area contributed by atoms with E-state index in [0.29, 0.717) is 6.54 Å². The number of likely N-dealkylation sites (tertiary alicyclic amines) is 1. The van der Waals surface area contributed by atoms with Gasteiger partial charge in [-0.25, -0.2) is 0 Å². The van der Waals surface area contributed by atoms with Crippen LogP contribution in [0.4, 0.5) is 0 Å². The molecule has 2 N–H and O–H groups in total. The van der Waals surface area contributed by atoms with Gasteiger partial charge < -0.3 is 10.3 Å². The molecule has 3 rings (SSSR count). The van der Waals surface area contributed by atoms with Crippen LogP contribution in [-0.2, 0) is 20.1 Å². The van der Waals surface area contributed by atoms with Crippen LogP contribution in [0.1, 0.15) is 30.5 Å². The van der Waals surface area contributed by atoms with E-state index < -0.39 is 0 Å². The molecule has 1 aromatic heterocycles. The lowest BCUT2D eigenvalue weighted by atomic mass is 10.1. The third kappa shape index (κ3) is 2.53. The monoisotopic (exact) mass is 257 g/mol. The minimum atomic E-state index is 0.617. The Morgan fingerprint density at radius 2 is 1.89 bits per heavy atom. The maximum atomic E-state index is 5.72. The number of rotatable bonds is 3. The lowest BCUT2D eigenvalue weighted by Crippen LogP contribution is -2.29. The molecule has 0 atom stereocenters. The van der Waals surface area contributed by atoms with Crippen molar-refractivity contribution in [3.63, 3.8) is 0 Å². The van der Waals surface area contributed by atoms with Crippen LogP contribution in [0, 0.1) is 0 Å². The number of piperidine rings is 1. The van der Waals surface area contributed by atoms with Crippen LogP contribution in [0.25, 0.3) is 10.9 Å². The highest BCUT2D eigenvalue weighted by Crippen LogP contribution is 2.22. The zero-order valence-corrected chi connectivity index (χ0v) is 11.7. The third-order valence-corrected chi connectivity index (χ3v) is 4.28. The number of benzene rings is 1. The highest BCUT2D eigenvalue weighted by molar-refractivity contribution is 5.82. The summed E-state index contributed by atoms with van der Waals surface area (Å²) >= 11 is 0. The fourth-order valence-corrected chi connectivity index (χ4v) is 3.08. The molecule has 1 saturated heterocycles. The van der Waals surface area contributed by atoms with Crippen molar-refractivity contribution in [3.05, 3.63) is 35.5 Å². The van der Waals surface area contributed by atoms with E-state index in [-0.39, 0.29) is 0 Å². The summed E-state index contributed by atoms with van der Waals surface area (Å²) < 4.78 is 2.32. The summed E-state index contributed by atoms with van der Waals surface area (Å²) in [7, 11) is 2.17. The van der Waals surface area contributed by atoms with E-state index in [2.05, 4.69) is 40.8 Å². The van der Waals surface area contributed by atoms with Crippen LogP contribution in [0.5, 0.6) is 0 Å². The standard InChI is InChI=1S/C16H23N3/c1-18-15(12-19-7-3-2-4-8-19)10-14-9-13(11-17)5-6-16(14)18/h5-6,9-10H,2-4,7-8,11-12,17H2,1H3. The molecule has 3 heteroatoms. The zero-order chi connectivity index (χ0) is 13.2. The van der Waals surface area contributed by atoms with Crippen LogP contribution in [0.15, 0.2) is 24.3 Å². The van der Waals surface area contributed by atoms with Crippen molar-refractivity contribution < 1.29 is 0 Å². The molecule has 0 saturated carbocycles. The largest absolute Gasteiger partial charge is 0.346 e. The Bertz CT molecular complexity index is 565. The molecule has 0 bridgehead atoms. The lowest BCUT2D eigenvalue weighted by Gasteiger charge is -2.26. The normalized spacial score (nSPS) is 17.2. The quantitative estimate of drug-likeness (QED) is 0.917. The van der Waals surface area contributed by atoms with Gasteiger partial charge in [0.25, 0.3) is 0 Å². The minimum absolute atomic E-state index is 0.617. The van der Waals surface area contributed by atoms with E-state index in [4.69, 9.17) is 5.73 Å². The van der Waals surface area contributed by atoms with E-state index in [9.17, 15) is 0 Å². The summed E-state index contributed by atoms with van der Waals surface area (Å²) in [6.45, 7) is 4.18. The van der Waals surface area contributed by atoms with E-state index >= 15 is 0 Å². The first-order valence-corrected chi connectivity index (χ1v) is 7.27. The molecule has 1 aliphatic rings. The Kier molecular flexibility index (Phi) is 3.58. The fourth-order valence-electron chi connectivity index (χ4n) is 3.08. The van der Waals surface area contributed by atoms with Gasteiger partial charge in [0.2, 0.25) is 0 Å². The molecule has 1 aromatic carbocycles. The molecular weight excluding hydrogens is 234 g/mol. The highest BCUT2D eigenvalue weighted by Gasteiger charge is 2.13. The predicted molar refractivity (Wildman–Crippen MR) is 79.9 cm³/mol. The van der Waals surface area contributed by atoms with Crippen LogP contribution >= 0.6 is 0 Å². The summed E-state index contributed by atoms with van der Waals surface area (Å²) in [5.41, 5.74) is 9.65. The van der Waals surface area contributed by atoms with Gasteiger partial charge in [0.05, 0.1) is 0 Å². The average Bonchev–Trinajstić information content (AvgIpc) is 2.76. The van der Waals surface area contributed by atoms with Crippen LogP contribution in [-0.4, -0.2) is 22.6 Å². The van der Waals surface area contributed by atoms with Gasteiger partial charge in [0.1, 0.15) is 0 Å². The van der Waals surface area contributed by atoms with Crippen LogP contribution < -0.4 is 5.73 Å². The zero-order valence-electron chi connectivity index (χ0n) is 11.7. The molecule has 0 spiro atoms. The molecule has 2 heterocycles. The number of aryl methyl sites for hydroxylation is 1. The van der Waals surface area contributed by atoms with Crippen LogP contribution in [0.2, 0.25) is 0 Å². The topological polar surface area (TPSA) is 34.2 Å². The molecule has 0 unspecified atom stereocenters. The molecule has 102 valence electrons. The molecular formula is C16H23N3. The number of hydrogen-bond acceptors (Lipinski definition) is 2. The number of aromatic nitrogens is 1. The number of fused-ring (bicyclic) bond motifs is 1. The van der Waals surface area contributed by atoms with Crippen molar-refractivity contribution in [2.24, 2.45) is 12.8 Å². The molecule has 2 aromatic rings. The summed E-state index contributed by atoms with van der Waals surface area (Å²) in [4.78, 5) is 2.57. The van der Waals surface area contributed by atoms with Crippen molar-refractivity contribution in [1.82, 2.24) is 9.47 Å². The first kappa shape index (κ1) is 12.7. The maximum absolute atomic E-state index is 5.72. The van der Waals surface area contributed by atoms with E-state index in [1.807, 2.05) is 0 Å². The lowest BCUT2D eigenvalue weighted by molar-refractivity contribution is 0.217. The van der Waals surface area contributed by atoms with Gasteiger partial charge in [-0.15, -0.1) is 0 Å². The van der Waals surface area contributed by atoms with Gasteiger partial charge >= 0.3 is 0 Å². The summed E-state index contributed by atoms with van der Waals surface area (Å²) in [5.74, 6) is 0. The fraction of sp³-hybridized carbons (Fsp3) is 0.500. The van der Waals surface area contributed by atoms with Gasteiger partial charge in [-0.2, -0.15) is 0 Å². The molecule has 19 heavy (non-hydrogen) atoms. The smallest absolute Gasteiger partial charge is 0.0480 e. The Morgan fingerprint density at radius 1 is 1.11 bits per heavy atom. The Labute approximate surface area is 115 Å². The molecule has 0 amide bonds. The van der Waals surface area contributed by atoms with E-state index in [1.54, 1.807) is 0 Å². The van der Waals surface area contributed by atoms with Crippen molar-refractivity contribution in [2.75, 3.05) is 13.1 Å². The van der Waals surface area contributed by atoms with Crippen molar-refractivity contribution in [3.8, 4) is 0 Å². The van der Waals surface area contributed by atoms with Gasteiger partial charge in [-0.05, 0) is 49.7 Å². The Hall–Kier alpha value is -1.32. The van der Waals surface area contributed by atoms with Crippen molar-refractivity contribution in [1.29, 1.82) is 0 Å². The molecule has 0 radical (unpaired) electrons. The van der Waals surface area contributed by atoms with Gasteiger partial charge in [0.15, 0.2) is 0 Å². The van der Waals surface area contributed by atoms with E-state index in [0.717, 1.165) is 6.54 Å². The predicted octanol–water partition coefficient (Wildman–Crippen LogP) is 2.62. The molecule has 3 nitrogen and oxygen atoms in total.